The van der Waals surface area contributed by atoms with E-state index in [9.17, 15) is 5.11 Å². The number of likely N-dealkylation sites (N-methyl/N-ethyl adjacent to an activating group) is 1. The zero-order valence-electron chi connectivity index (χ0n) is 10.0. The highest BCUT2D eigenvalue weighted by molar-refractivity contribution is 5.61. The van der Waals surface area contributed by atoms with Gasteiger partial charge in [-0.05, 0) is 57.1 Å². The van der Waals surface area contributed by atoms with Gasteiger partial charge in [0, 0.05) is 18.3 Å². The second kappa shape index (κ2) is 4.74. The molecule has 0 saturated carbocycles. The van der Waals surface area contributed by atoms with E-state index in [1.54, 1.807) is 6.07 Å². The summed E-state index contributed by atoms with van der Waals surface area (Å²) < 4.78 is 0. The first-order valence-electron chi connectivity index (χ1n) is 5.99. The summed E-state index contributed by atoms with van der Waals surface area (Å²) in [4.78, 5) is 2.44. The van der Waals surface area contributed by atoms with Crippen LogP contribution in [-0.4, -0.2) is 31.3 Å². The molecule has 0 bridgehead atoms. The summed E-state index contributed by atoms with van der Waals surface area (Å²) in [6.07, 6.45) is 2.21. The Kier molecular flexibility index (Phi) is 3.34. The van der Waals surface area contributed by atoms with Crippen LogP contribution < -0.4 is 10.2 Å². The molecule has 16 heavy (non-hydrogen) atoms. The average molecular weight is 220 g/mol. The van der Waals surface area contributed by atoms with Gasteiger partial charge in [-0.3, -0.25) is 0 Å². The smallest absolute Gasteiger partial charge is 0.116 e. The molecule has 1 atom stereocenters. The van der Waals surface area contributed by atoms with Crippen LogP contribution in [0.3, 0.4) is 0 Å². The molecule has 1 aliphatic rings. The SMILES string of the molecule is CCN1c2ccc(O)cc2CC1CCNC. The van der Waals surface area contributed by atoms with Gasteiger partial charge in [-0.2, -0.15) is 0 Å². The lowest BCUT2D eigenvalue weighted by molar-refractivity contribution is 0.474. The Balaban J connectivity index is 2.18. The molecule has 88 valence electrons. The largest absolute Gasteiger partial charge is 0.508 e. The molecule has 0 radical (unpaired) electrons. The van der Waals surface area contributed by atoms with Crippen molar-refractivity contribution in [3.63, 3.8) is 0 Å². The van der Waals surface area contributed by atoms with Crippen LogP contribution in [0.1, 0.15) is 18.9 Å². The first-order chi connectivity index (χ1) is 7.76. The van der Waals surface area contributed by atoms with E-state index in [0.717, 1.165) is 25.9 Å². The van der Waals surface area contributed by atoms with E-state index in [1.807, 2.05) is 19.2 Å². The minimum absolute atomic E-state index is 0.379. The van der Waals surface area contributed by atoms with Gasteiger partial charge in [0.25, 0.3) is 0 Å². The average Bonchev–Trinajstić information content (AvgIpc) is 2.62. The number of nitrogens with one attached hydrogen (secondary N) is 1. The van der Waals surface area contributed by atoms with Crippen LogP contribution in [0.2, 0.25) is 0 Å². The van der Waals surface area contributed by atoms with Gasteiger partial charge in [0.2, 0.25) is 0 Å². The quantitative estimate of drug-likeness (QED) is 0.811. The summed E-state index contributed by atoms with van der Waals surface area (Å²) in [7, 11) is 1.99. The fraction of sp³-hybridized carbons (Fsp3) is 0.538. The third-order valence-corrected chi connectivity index (χ3v) is 3.34. The molecule has 0 fully saturated rings. The summed E-state index contributed by atoms with van der Waals surface area (Å²) in [5.41, 5.74) is 2.57. The van der Waals surface area contributed by atoms with Crippen LogP contribution in [0.25, 0.3) is 0 Å². The number of aromatic hydroxyl groups is 1. The lowest BCUT2D eigenvalue weighted by atomic mass is 10.1. The van der Waals surface area contributed by atoms with Crippen LogP contribution in [0.5, 0.6) is 5.75 Å². The molecule has 1 heterocycles. The molecule has 0 aromatic heterocycles. The number of hydrogen-bond acceptors (Lipinski definition) is 3. The Bertz CT molecular complexity index is 365. The number of anilines is 1. The topological polar surface area (TPSA) is 35.5 Å². The predicted molar refractivity (Wildman–Crippen MR) is 67.2 cm³/mol. The molecule has 3 nitrogen and oxygen atoms in total. The van der Waals surface area contributed by atoms with Crippen molar-refractivity contribution in [2.24, 2.45) is 0 Å². The van der Waals surface area contributed by atoms with Gasteiger partial charge in [-0.1, -0.05) is 0 Å². The minimum atomic E-state index is 0.379. The summed E-state index contributed by atoms with van der Waals surface area (Å²) >= 11 is 0. The maximum atomic E-state index is 9.49. The number of rotatable bonds is 4. The molecule has 1 aromatic rings. The minimum Gasteiger partial charge on any atom is -0.508 e. The van der Waals surface area contributed by atoms with Crippen LogP contribution in [0.4, 0.5) is 5.69 Å². The molecule has 1 aliphatic heterocycles. The standard InChI is InChI=1S/C13H20N2O/c1-3-15-11(6-7-14-2)8-10-9-12(16)4-5-13(10)15/h4-5,9,11,14,16H,3,6-8H2,1-2H3. The second-order valence-corrected chi connectivity index (χ2v) is 4.35. The van der Waals surface area contributed by atoms with Gasteiger partial charge >= 0.3 is 0 Å². The van der Waals surface area contributed by atoms with Crippen molar-refractivity contribution in [2.75, 3.05) is 25.0 Å². The highest BCUT2D eigenvalue weighted by atomic mass is 16.3. The highest BCUT2D eigenvalue weighted by Gasteiger charge is 2.27. The van der Waals surface area contributed by atoms with Gasteiger partial charge in [0.1, 0.15) is 5.75 Å². The van der Waals surface area contributed by atoms with Crippen molar-refractivity contribution in [1.29, 1.82) is 0 Å². The fourth-order valence-corrected chi connectivity index (χ4v) is 2.57. The Morgan fingerprint density at radius 3 is 3.00 bits per heavy atom. The van der Waals surface area contributed by atoms with Crippen molar-refractivity contribution in [1.82, 2.24) is 5.32 Å². The van der Waals surface area contributed by atoms with Crippen molar-refractivity contribution in [3.05, 3.63) is 23.8 Å². The van der Waals surface area contributed by atoms with E-state index >= 15 is 0 Å². The highest BCUT2D eigenvalue weighted by Crippen LogP contribution is 2.35. The van der Waals surface area contributed by atoms with Gasteiger partial charge in [-0.25, -0.2) is 0 Å². The Labute approximate surface area is 97.1 Å². The number of fused-ring (bicyclic) bond motifs is 1. The van der Waals surface area contributed by atoms with Crippen LogP contribution in [-0.2, 0) is 6.42 Å². The van der Waals surface area contributed by atoms with Gasteiger partial charge in [0.15, 0.2) is 0 Å². The normalized spacial score (nSPS) is 18.9. The van der Waals surface area contributed by atoms with E-state index in [-0.39, 0.29) is 0 Å². The van der Waals surface area contributed by atoms with Gasteiger partial charge in [-0.15, -0.1) is 0 Å². The molecule has 0 amide bonds. The van der Waals surface area contributed by atoms with Crippen LogP contribution in [0.15, 0.2) is 18.2 Å². The van der Waals surface area contributed by atoms with Crippen molar-refractivity contribution in [2.45, 2.75) is 25.8 Å². The summed E-state index contributed by atoms with van der Waals surface area (Å²) in [5, 5.41) is 12.7. The summed E-state index contributed by atoms with van der Waals surface area (Å²) in [5.74, 6) is 0.379. The lowest BCUT2D eigenvalue weighted by Crippen LogP contribution is -2.33. The maximum absolute atomic E-state index is 9.49. The van der Waals surface area contributed by atoms with Gasteiger partial charge < -0.3 is 15.3 Å². The molecule has 2 rings (SSSR count). The zero-order valence-corrected chi connectivity index (χ0v) is 10.0. The van der Waals surface area contributed by atoms with E-state index in [4.69, 9.17) is 0 Å². The van der Waals surface area contributed by atoms with Gasteiger partial charge in [0.05, 0.1) is 0 Å². The number of phenols is 1. The third-order valence-electron chi connectivity index (χ3n) is 3.34. The van der Waals surface area contributed by atoms with Crippen molar-refractivity contribution < 1.29 is 5.11 Å². The van der Waals surface area contributed by atoms with E-state index in [2.05, 4.69) is 17.1 Å². The predicted octanol–water partition coefficient (Wildman–Crippen LogP) is 1.75. The van der Waals surface area contributed by atoms with E-state index < -0.39 is 0 Å². The molecule has 1 aromatic carbocycles. The number of phenolic OH excluding ortho intramolecular Hbond substituents is 1. The molecular weight excluding hydrogens is 200 g/mol. The van der Waals surface area contributed by atoms with Crippen LogP contribution >= 0.6 is 0 Å². The first kappa shape index (κ1) is 11.3. The second-order valence-electron chi connectivity index (χ2n) is 4.35. The van der Waals surface area contributed by atoms with Crippen LogP contribution in [0, 0.1) is 0 Å². The summed E-state index contributed by atoms with van der Waals surface area (Å²) in [6.45, 7) is 4.27. The number of nitrogens with zero attached hydrogens (tertiary/aromatic N) is 1. The molecular formula is C13H20N2O. The summed E-state index contributed by atoms with van der Waals surface area (Å²) in [6, 6.07) is 6.29. The third kappa shape index (κ3) is 2.00. The maximum Gasteiger partial charge on any atom is 0.116 e. The Morgan fingerprint density at radius 1 is 1.50 bits per heavy atom. The first-order valence-corrected chi connectivity index (χ1v) is 5.99. The number of benzene rings is 1. The fourth-order valence-electron chi connectivity index (χ4n) is 2.57. The Hall–Kier alpha value is -1.22. The van der Waals surface area contributed by atoms with E-state index in [1.165, 1.54) is 11.3 Å². The molecule has 2 N–H and O–H groups in total. The Morgan fingerprint density at radius 2 is 2.31 bits per heavy atom. The van der Waals surface area contributed by atoms with Crippen molar-refractivity contribution >= 4 is 5.69 Å². The molecule has 1 unspecified atom stereocenters. The zero-order chi connectivity index (χ0) is 11.5. The molecule has 0 aliphatic carbocycles. The lowest BCUT2D eigenvalue weighted by Gasteiger charge is -2.26. The molecule has 0 spiro atoms. The molecule has 3 heteroatoms. The number of hydrogen-bond donors (Lipinski definition) is 2. The van der Waals surface area contributed by atoms with E-state index in [0.29, 0.717) is 11.8 Å². The monoisotopic (exact) mass is 220 g/mol. The molecule has 0 saturated heterocycles. The van der Waals surface area contributed by atoms with Crippen molar-refractivity contribution in [3.8, 4) is 5.75 Å².